The van der Waals surface area contributed by atoms with Crippen LogP contribution in [-0.4, -0.2) is 52.3 Å². The average Bonchev–Trinajstić information content (AvgIpc) is 2.76. The molecule has 2 aromatic carbocycles. The van der Waals surface area contributed by atoms with Crippen molar-refractivity contribution in [3.63, 3.8) is 0 Å². The van der Waals surface area contributed by atoms with Crippen molar-refractivity contribution in [3.8, 4) is 22.6 Å². The molecule has 160 valence electrons. The maximum atomic E-state index is 13.2. The van der Waals surface area contributed by atoms with E-state index in [0.29, 0.717) is 30.9 Å². The minimum atomic E-state index is -3.65. The number of ether oxygens (including phenoxy) is 3. The quantitative estimate of drug-likeness (QED) is 0.654. The van der Waals surface area contributed by atoms with E-state index in [4.69, 9.17) is 9.47 Å². The molecule has 7 nitrogen and oxygen atoms in total. The van der Waals surface area contributed by atoms with Crippen LogP contribution in [0.1, 0.15) is 29.2 Å². The van der Waals surface area contributed by atoms with Crippen LogP contribution in [0.3, 0.4) is 0 Å². The van der Waals surface area contributed by atoms with Crippen molar-refractivity contribution >= 4 is 16.0 Å². The third-order valence-corrected chi connectivity index (χ3v) is 7.80. The Kier molecular flexibility index (Phi) is 5.46. The number of carbonyl (C=O) groups is 1. The van der Waals surface area contributed by atoms with Crippen LogP contribution >= 0.6 is 0 Å². The third-order valence-electron chi connectivity index (χ3n) is 5.93. The van der Waals surface area contributed by atoms with E-state index in [1.807, 2.05) is 30.3 Å². The number of nitrogens with zero attached hydrogens (tertiary/aromatic N) is 1. The first kappa shape index (κ1) is 20.7. The molecule has 0 saturated carbocycles. The van der Waals surface area contributed by atoms with Crippen molar-refractivity contribution in [1.29, 1.82) is 0 Å². The smallest absolute Gasteiger partial charge is 0.306 e. The molecule has 30 heavy (non-hydrogen) atoms. The van der Waals surface area contributed by atoms with Gasteiger partial charge in [0, 0.05) is 12.1 Å². The van der Waals surface area contributed by atoms with E-state index in [2.05, 4.69) is 4.74 Å². The van der Waals surface area contributed by atoms with Gasteiger partial charge in [0.25, 0.3) is 0 Å². The molecule has 1 aliphatic carbocycles. The summed E-state index contributed by atoms with van der Waals surface area (Å²) < 4.78 is 43.8. The van der Waals surface area contributed by atoms with E-state index >= 15 is 0 Å². The maximum Gasteiger partial charge on any atom is 0.306 e. The molecular formula is C22H25NO6S. The van der Waals surface area contributed by atoms with Crippen molar-refractivity contribution < 1.29 is 27.4 Å². The van der Waals surface area contributed by atoms with Gasteiger partial charge in [-0.15, -0.1) is 0 Å². The first-order chi connectivity index (χ1) is 14.4. The van der Waals surface area contributed by atoms with Crippen LogP contribution in [0.15, 0.2) is 30.3 Å². The van der Waals surface area contributed by atoms with E-state index in [0.717, 1.165) is 27.8 Å². The van der Waals surface area contributed by atoms with Gasteiger partial charge in [0.2, 0.25) is 10.0 Å². The Labute approximate surface area is 176 Å². The molecule has 0 amide bonds. The van der Waals surface area contributed by atoms with Crippen molar-refractivity contribution in [3.05, 3.63) is 47.0 Å². The molecule has 2 aliphatic rings. The number of esters is 1. The zero-order chi connectivity index (χ0) is 21.5. The van der Waals surface area contributed by atoms with Crippen molar-refractivity contribution in [2.75, 3.05) is 33.6 Å². The second-order valence-electron chi connectivity index (χ2n) is 7.44. The Hall–Kier alpha value is -2.58. The summed E-state index contributed by atoms with van der Waals surface area (Å²) in [7, 11) is 0.812. The minimum Gasteiger partial charge on any atom is -0.493 e. The summed E-state index contributed by atoms with van der Waals surface area (Å²) in [5, 5.41) is 0. The van der Waals surface area contributed by atoms with Gasteiger partial charge in [-0.1, -0.05) is 24.3 Å². The standard InChI is InChI=1S/C22H25NO6S/c1-27-18-13-15-8-10-23(30(25,26)11-9-19(24)28-2)17-12-14-6-4-5-7-16(14)21(20(15)17)22(18)29-3/h4-7,13,17H,8-12H2,1-3H3/t17-/m1/s1. The van der Waals surface area contributed by atoms with Crippen LogP contribution in [0.5, 0.6) is 11.5 Å². The molecule has 1 heterocycles. The second-order valence-corrected chi connectivity index (χ2v) is 9.48. The van der Waals surface area contributed by atoms with Crippen molar-refractivity contribution in [2.24, 2.45) is 0 Å². The molecule has 0 saturated heterocycles. The molecule has 0 radical (unpaired) electrons. The lowest BCUT2D eigenvalue weighted by Gasteiger charge is -2.41. The van der Waals surface area contributed by atoms with Gasteiger partial charge >= 0.3 is 5.97 Å². The maximum absolute atomic E-state index is 13.2. The van der Waals surface area contributed by atoms with Gasteiger partial charge in [-0.3, -0.25) is 4.79 Å². The molecule has 8 heteroatoms. The lowest BCUT2D eigenvalue weighted by Crippen LogP contribution is -2.43. The molecule has 0 bridgehead atoms. The van der Waals surface area contributed by atoms with Gasteiger partial charge in [-0.2, -0.15) is 4.31 Å². The number of fused-ring (bicyclic) bond motifs is 2. The number of hydrogen-bond donors (Lipinski definition) is 0. The van der Waals surface area contributed by atoms with Gasteiger partial charge in [0.05, 0.1) is 39.5 Å². The molecule has 1 aliphatic heterocycles. The average molecular weight is 432 g/mol. The highest BCUT2D eigenvalue weighted by atomic mass is 32.2. The Morgan fingerprint density at radius 3 is 2.60 bits per heavy atom. The summed E-state index contributed by atoms with van der Waals surface area (Å²) in [5.41, 5.74) is 5.03. The fourth-order valence-electron chi connectivity index (χ4n) is 4.57. The minimum absolute atomic E-state index is 0.162. The number of methoxy groups -OCH3 is 3. The lowest BCUT2D eigenvalue weighted by molar-refractivity contribution is -0.140. The van der Waals surface area contributed by atoms with Gasteiger partial charge < -0.3 is 14.2 Å². The highest BCUT2D eigenvalue weighted by molar-refractivity contribution is 7.89. The molecule has 2 aromatic rings. The van der Waals surface area contributed by atoms with E-state index in [1.165, 1.54) is 7.11 Å². The molecule has 0 unspecified atom stereocenters. The summed E-state index contributed by atoms with van der Waals surface area (Å²) in [6, 6.07) is 9.59. The van der Waals surface area contributed by atoms with Crippen molar-refractivity contribution in [1.82, 2.24) is 4.31 Å². The lowest BCUT2D eigenvalue weighted by atomic mass is 9.77. The molecule has 4 rings (SSSR count). The normalized spacial score (nSPS) is 17.6. The van der Waals surface area contributed by atoms with Crippen LogP contribution in [-0.2, 0) is 32.4 Å². The zero-order valence-electron chi connectivity index (χ0n) is 17.3. The Bertz CT molecular complexity index is 1100. The third kappa shape index (κ3) is 3.33. The Morgan fingerprint density at radius 2 is 1.90 bits per heavy atom. The highest BCUT2D eigenvalue weighted by Crippen LogP contribution is 2.52. The monoisotopic (exact) mass is 431 g/mol. The molecule has 0 spiro atoms. The second kappa shape index (κ2) is 7.92. The van der Waals surface area contributed by atoms with Crippen LogP contribution < -0.4 is 9.47 Å². The van der Waals surface area contributed by atoms with Gasteiger partial charge in [-0.05, 0) is 41.2 Å². The van der Waals surface area contributed by atoms with Gasteiger partial charge in [0.15, 0.2) is 11.5 Å². The molecule has 1 atom stereocenters. The van der Waals surface area contributed by atoms with E-state index < -0.39 is 16.0 Å². The molecule has 0 aromatic heterocycles. The number of hydrogen-bond acceptors (Lipinski definition) is 6. The largest absolute Gasteiger partial charge is 0.493 e. The number of benzene rings is 2. The summed E-state index contributed by atoms with van der Waals surface area (Å²) in [6.45, 7) is 0.359. The summed E-state index contributed by atoms with van der Waals surface area (Å²) in [6.07, 6.45) is 0.978. The number of rotatable bonds is 6. The Balaban J connectivity index is 1.86. The fourth-order valence-corrected chi connectivity index (χ4v) is 6.16. The topological polar surface area (TPSA) is 82.1 Å². The first-order valence-corrected chi connectivity index (χ1v) is 11.4. The van der Waals surface area contributed by atoms with Crippen LogP contribution in [0.2, 0.25) is 0 Å². The van der Waals surface area contributed by atoms with Crippen LogP contribution in [0.25, 0.3) is 11.1 Å². The predicted molar refractivity (Wildman–Crippen MR) is 112 cm³/mol. The molecule has 0 N–H and O–H groups in total. The predicted octanol–water partition coefficient (Wildman–Crippen LogP) is 2.72. The molecule has 0 fully saturated rings. The summed E-state index contributed by atoms with van der Waals surface area (Å²) >= 11 is 0. The zero-order valence-corrected chi connectivity index (χ0v) is 18.1. The highest BCUT2D eigenvalue weighted by Gasteiger charge is 2.41. The van der Waals surface area contributed by atoms with Crippen LogP contribution in [0.4, 0.5) is 0 Å². The van der Waals surface area contributed by atoms with E-state index in [-0.39, 0.29) is 18.2 Å². The fraction of sp³-hybridized carbons (Fsp3) is 0.409. The summed E-state index contributed by atoms with van der Waals surface area (Å²) in [5.74, 6) is 0.457. The van der Waals surface area contributed by atoms with Crippen LogP contribution in [0, 0.1) is 0 Å². The SMILES string of the molecule is COC(=O)CCS(=O)(=O)N1CCc2cc(OC)c(OC)c3c2[C@H]1Cc1ccccc1-3. The Morgan fingerprint density at radius 1 is 1.13 bits per heavy atom. The van der Waals surface area contributed by atoms with Crippen molar-refractivity contribution in [2.45, 2.75) is 25.3 Å². The summed E-state index contributed by atoms with van der Waals surface area (Å²) in [4.78, 5) is 11.5. The van der Waals surface area contributed by atoms with E-state index in [1.54, 1.807) is 18.5 Å². The molecular weight excluding hydrogens is 406 g/mol. The number of sulfonamides is 1. The van der Waals surface area contributed by atoms with Gasteiger partial charge in [0.1, 0.15) is 0 Å². The van der Waals surface area contributed by atoms with E-state index in [9.17, 15) is 13.2 Å². The van der Waals surface area contributed by atoms with Gasteiger partial charge in [-0.25, -0.2) is 8.42 Å². The number of carbonyl (C=O) groups excluding carboxylic acids is 1. The first-order valence-electron chi connectivity index (χ1n) is 9.83.